The monoisotopic (exact) mass is 501 g/mol. The van der Waals surface area contributed by atoms with E-state index in [0.717, 1.165) is 10.6 Å². The third-order valence-corrected chi connectivity index (χ3v) is 3.85. The Kier molecular flexibility index (Phi) is 7.54. The highest BCUT2D eigenvalue weighted by molar-refractivity contribution is 5.92. The van der Waals surface area contributed by atoms with Crippen molar-refractivity contribution in [2.24, 2.45) is 0 Å². The van der Waals surface area contributed by atoms with E-state index in [9.17, 15) is 14.4 Å². The van der Waals surface area contributed by atoms with Crippen LogP contribution in [0.1, 0.15) is 37.2 Å². The first-order valence-corrected chi connectivity index (χ1v) is 9.28. The van der Waals surface area contributed by atoms with E-state index in [1.807, 2.05) is 0 Å². The molecule has 0 spiro atoms. The van der Waals surface area contributed by atoms with Crippen molar-refractivity contribution in [2.45, 2.75) is 6.92 Å². The number of nitrogens with zero attached hydrogens (tertiary/aromatic N) is 13. The Morgan fingerprint density at radius 3 is 1.92 bits per heavy atom. The van der Waals surface area contributed by atoms with Crippen LogP contribution in [-0.2, 0) is 9.47 Å². The lowest BCUT2D eigenvalue weighted by Gasteiger charge is -2.01. The van der Waals surface area contributed by atoms with Crippen LogP contribution in [0.3, 0.4) is 0 Å². The summed E-state index contributed by atoms with van der Waals surface area (Å²) in [5.74, 6) is -2.15. The number of H-pyrrole nitrogens is 1. The van der Waals surface area contributed by atoms with E-state index in [2.05, 4.69) is 71.1 Å². The Hall–Kier alpha value is -5.76. The van der Waals surface area contributed by atoms with Gasteiger partial charge in [-0.15, -0.1) is 5.10 Å². The summed E-state index contributed by atoms with van der Waals surface area (Å²) in [6.07, 6.45) is 0. The average Bonchev–Trinajstić information content (AvgIpc) is 3.64. The first kappa shape index (κ1) is 24.9. The number of carbonyl (C=O) groups excluding carboxylic acids is 2. The molecule has 5 aromatic heterocycles. The number of aromatic carboxylic acids is 1. The molecule has 5 aromatic rings. The first-order chi connectivity index (χ1) is 17.2. The van der Waals surface area contributed by atoms with Crippen LogP contribution in [-0.4, -0.2) is 108 Å². The molecule has 0 unspecified atom stereocenters. The molecule has 0 atom stereocenters. The van der Waals surface area contributed by atoms with Crippen molar-refractivity contribution in [1.29, 1.82) is 0 Å². The minimum absolute atomic E-state index is 0.0831. The number of esters is 2. The van der Waals surface area contributed by atoms with Crippen molar-refractivity contribution in [2.75, 3.05) is 20.0 Å². The molecular weight excluding hydrogens is 486 g/mol. The molecule has 0 saturated carbocycles. The molecule has 0 aliphatic heterocycles. The fourth-order valence-corrected chi connectivity index (χ4v) is 2.37. The molecule has 0 aliphatic rings. The van der Waals surface area contributed by atoms with Gasteiger partial charge in [-0.2, -0.15) is 14.2 Å². The highest BCUT2D eigenvalue weighted by Gasteiger charge is 2.18. The van der Waals surface area contributed by atoms with E-state index in [0.29, 0.717) is 5.69 Å². The first-order valence-electron chi connectivity index (χ1n) is 9.28. The summed E-state index contributed by atoms with van der Waals surface area (Å²) >= 11 is 0. The SMILES string of the molecule is COC(=O)c1cc(C(=O)O)nc2nnnn12.COC(=O)c1cc(C)nc2nnnn12.Nc1nn[nH]n1. The molecule has 0 aliphatic carbocycles. The number of nitrogens with one attached hydrogen (secondary N) is 1. The van der Waals surface area contributed by atoms with Gasteiger partial charge in [0, 0.05) is 11.8 Å². The van der Waals surface area contributed by atoms with Crippen LogP contribution >= 0.6 is 0 Å². The van der Waals surface area contributed by atoms with E-state index in [1.54, 1.807) is 13.0 Å². The number of rotatable bonds is 3. The maximum absolute atomic E-state index is 11.3. The van der Waals surface area contributed by atoms with Crippen molar-refractivity contribution in [1.82, 2.24) is 70.7 Å². The number of tetrazole rings is 3. The fourth-order valence-electron chi connectivity index (χ4n) is 2.37. The number of ether oxygens (including phenoxy) is 2. The number of methoxy groups -OCH3 is 2. The molecule has 0 aromatic carbocycles. The highest BCUT2D eigenvalue weighted by Crippen LogP contribution is 2.06. The average molecular weight is 501 g/mol. The van der Waals surface area contributed by atoms with Gasteiger partial charge in [0.2, 0.25) is 0 Å². The minimum atomic E-state index is -1.28. The molecule has 186 valence electrons. The van der Waals surface area contributed by atoms with Gasteiger partial charge in [-0.1, -0.05) is 15.3 Å². The van der Waals surface area contributed by atoms with Gasteiger partial charge in [-0.25, -0.2) is 24.4 Å². The number of nitrogens with two attached hydrogens (primary N) is 1. The van der Waals surface area contributed by atoms with E-state index in [1.165, 1.54) is 18.7 Å². The molecule has 5 heterocycles. The van der Waals surface area contributed by atoms with Crippen LogP contribution in [0, 0.1) is 6.92 Å². The largest absolute Gasteiger partial charge is 0.477 e. The van der Waals surface area contributed by atoms with Crippen molar-refractivity contribution < 1.29 is 29.0 Å². The second-order valence-electron chi connectivity index (χ2n) is 6.15. The van der Waals surface area contributed by atoms with Crippen LogP contribution in [0.25, 0.3) is 11.6 Å². The summed E-state index contributed by atoms with van der Waals surface area (Å²) < 4.78 is 11.3. The molecule has 0 saturated heterocycles. The van der Waals surface area contributed by atoms with Gasteiger partial charge in [0.1, 0.15) is 0 Å². The van der Waals surface area contributed by atoms with Crippen LogP contribution in [0.15, 0.2) is 12.1 Å². The van der Waals surface area contributed by atoms with Gasteiger partial charge >= 0.3 is 17.9 Å². The second-order valence-corrected chi connectivity index (χ2v) is 6.15. The molecule has 21 heteroatoms. The third kappa shape index (κ3) is 5.59. The topological polar surface area (TPSA) is 282 Å². The molecule has 5 rings (SSSR count). The highest BCUT2D eigenvalue weighted by atomic mass is 16.5. The second kappa shape index (κ2) is 10.9. The number of fused-ring (bicyclic) bond motifs is 2. The third-order valence-electron chi connectivity index (χ3n) is 3.85. The van der Waals surface area contributed by atoms with Crippen LogP contribution in [0.5, 0.6) is 0 Å². The summed E-state index contributed by atoms with van der Waals surface area (Å²) in [5.41, 5.74) is 5.45. The van der Waals surface area contributed by atoms with Gasteiger partial charge in [-0.05, 0) is 39.1 Å². The van der Waals surface area contributed by atoms with Crippen LogP contribution in [0.2, 0.25) is 0 Å². The normalized spacial score (nSPS) is 10.1. The zero-order valence-electron chi connectivity index (χ0n) is 18.5. The van der Waals surface area contributed by atoms with Crippen LogP contribution < -0.4 is 5.73 Å². The number of carboxylic acid groups (broad SMARTS) is 1. The lowest BCUT2D eigenvalue weighted by molar-refractivity contribution is 0.0581. The van der Waals surface area contributed by atoms with Crippen LogP contribution in [0.4, 0.5) is 5.95 Å². The molecule has 0 amide bonds. The standard InChI is InChI=1S/C7H5N5O4.C7H7N5O2.CH3N5/c1-16-6(15)4-2-3(5(13)14)8-7-9-10-11-12(4)7;1-4-3-5(6(13)14-2)12-7(8-4)9-10-11-12;2-1-3-5-6-4-1/h2H,1H3,(H,13,14);3H,1-2H3;(H3,2,3,4,5,6). The number of aromatic amines is 1. The summed E-state index contributed by atoms with van der Waals surface area (Å²) in [4.78, 5) is 41.1. The number of aryl methyl sites for hydroxylation is 1. The lowest BCUT2D eigenvalue weighted by Crippen LogP contribution is -2.13. The van der Waals surface area contributed by atoms with Crippen molar-refractivity contribution >= 4 is 35.4 Å². The Bertz CT molecular complexity index is 1510. The molecule has 0 bridgehead atoms. The summed E-state index contributed by atoms with van der Waals surface area (Å²) in [5, 5.41) is 41.7. The fraction of sp³-hybridized carbons (Fsp3) is 0.200. The Morgan fingerprint density at radius 2 is 1.47 bits per heavy atom. The van der Waals surface area contributed by atoms with Gasteiger partial charge in [0.05, 0.1) is 14.2 Å². The smallest absolute Gasteiger partial charge is 0.357 e. The number of nitrogen functional groups attached to an aromatic ring is 1. The number of aromatic nitrogens is 14. The molecule has 36 heavy (non-hydrogen) atoms. The molecule has 4 N–H and O–H groups in total. The Labute approximate surface area is 197 Å². The number of carbonyl (C=O) groups is 3. The summed E-state index contributed by atoms with van der Waals surface area (Å²) in [7, 11) is 2.47. The van der Waals surface area contributed by atoms with Gasteiger partial charge in [0.15, 0.2) is 17.1 Å². The maximum atomic E-state index is 11.3. The minimum Gasteiger partial charge on any atom is -0.477 e. The predicted octanol–water partition coefficient (Wildman–Crippen LogP) is -2.60. The van der Waals surface area contributed by atoms with Gasteiger partial charge in [0.25, 0.3) is 17.5 Å². The van der Waals surface area contributed by atoms with Gasteiger partial charge in [-0.3, -0.25) is 0 Å². The molecule has 0 fully saturated rings. The van der Waals surface area contributed by atoms with Crippen molar-refractivity contribution in [3.05, 3.63) is 34.9 Å². The summed E-state index contributed by atoms with van der Waals surface area (Å²) in [6.45, 7) is 1.75. The lowest BCUT2D eigenvalue weighted by atomic mass is 10.3. The Balaban J connectivity index is 0.000000165. The summed E-state index contributed by atoms with van der Waals surface area (Å²) in [6, 6.07) is 2.60. The zero-order chi connectivity index (χ0) is 26.2. The predicted molar refractivity (Wildman–Crippen MR) is 110 cm³/mol. The number of hydrogen-bond acceptors (Lipinski definition) is 17. The van der Waals surface area contributed by atoms with Crippen molar-refractivity contribution in [3.63, 3.8) is 0 Å². The maximum Gasteiger partial charge on any atom is 0.357 e. The quantitative estimate of drug-likeness (QED) is 0.213. The Morgan fingerprint density at radius 1 is 0.917 bits per heavy atom. The van der Waals surface area contributed by atoms with E-state index in [-0.39, 0.29) is 34.6 Å². The van der Waals surface area contributed by atoms with E-state index in [4.69, 9.17) is 10.8 Å². The molecule has 21 nitrogen and oxygen atoms in total. The molecular formula is C15H15N15O6. The van der Waals surface area contributed by atoms with Gasteiger partial charge < -0.3 is 20.3 Å². The number of hydrogen-bond donors (Lipinski definition) is 3. The van der Waals surface area contributed by atoms with Crippen molar-refractivity contribution in [3.8, 4) is 0 Å². The number of anilines is 1. The number of carboxylic acids is 1. The van der Waals surface area contributed by atoms with E-state index >= 15 is 0 Å². The van der Waals surface area contributed by atoms with E-state index < -0.39 is 17.9 Å². The molecule has 0 radical (unpaired) electrons. The zero-order valence-corrected chi connectivity index (χ0v) is 18.5.